The quantitative estimate of drug-likeness (QED) is 0.611. The molecule has 0 atom stereocenters. The molecular weight excluding hydrogens is 392 g/mol. The molecule has 0 spiro atoms. The Kier molecular flexibility index (Phi) is 6.97. The SMILES string of the molecule is CCC(=O)Nc1cc(-c2ccc(CC)cc2)nn(CC(=O)Nc2ccc(C)cc2)c1=O. The smallest absolute Gasteiger partial charge is 0.291 e. The fraction of sp³-hybridized carbons (Fsp3) is 0.250. The number of benzene rings is 2. The van der Waals surface area contributed by atoms with E-state index in [-0.39, 0.29) is 30.5 Å². The third-order valence-electron chi connectivity index (χ3n) is 4.86. The van der Waals surface area contributed by atoms with Gasteiger partial charge in [0.15, 0.2) is 0 Å². The van der Waals surface area contributed by atoms with E-state index < -0.39 is 5.56 Å². The molecule has 0 bridgehead atoms. The van der Waals surface area contributed by atoms with Crippen molar-refractivity contribution in [2.45, 2.75) is 40.2 Å². The van der Waals surface area contributed by atoms with Crippen LogP contribution < -0.4 is 16.2 Å². The Hall–Kier alpha value is -3.74. The predicted molar refractivity (Wildman–Crippen MR) is 122 cm³/mol. The van der Waals surface area contributed by atoms with Crippen LogP contribution >= 0.6 is 0 Å². The highest BCUT2D eigenvalue weighted by atomic mass is 16.2. The van der Waals surface area contributed by atoms with Gasteiger partial charge < -0.3 is 10.6 Å². The van der Waals surface area contributed by atoms with Crippen LogP contribution in [-0.4, -0.2) is 21.6 Å². The van der Waals surface area contributed by atoms with Gasteiger partial charge >= 0.3 is 0 Å². The van der Waals surface area contributed by atoms with Crippen LogP contribution in [0.1, 0.15) is 31.4 Å². The van der Waals surface area contributed by atoms with E-state index in [1.54, 1.807) is 25.1 Å². The summed E-state index contributed by atoms with van der Waals surface area (Å²) in [5.41, 5.74) is 3.74. The van der Waals surface area contributed by atoms with Crippen LogP contribution in [0.2, 0.25) is 0 Å². The molecule has 0 aliphatic heterocycles. The third kappa shape index (κ3) is 5.66. The monoisotopic (exact) mass is 418 g/mol. The van der Waals surface area contributed by atoms with Crippen molar-refractivity contribution in [3.05, 3.63) is 76.1 Å². The summed E-state index contributed by atoms with van der Waals surface area (Å²) in [6.07, 6.45) is 1.14. The highest BCUT2D eigenvalue weighted by Gasteiger charge is 2.14. The van der Waals surface area contributed by atoms with Crippen molar-refractivity contribution >= 4 is 23.2 Å². The zero-order valence-corrected chi connectivity index (χ0v) is 17.9. The summed E-state index contributed by atoms with van der Waals surface area (Å²) < 4.78 is 1.08. The topological polar surface area (TPSA) is 93.1 Å². The molecule has 160 valence electrons. The van der Waals surface area contributed by atoms with E-state index in [1.165, 1.54) is 5.56 Å². The Morgan fingerprint density at radius 3 is 2.23 bits per heavy atom. The van der Waals surface area contributed by atoms with Gasteiger partial charge in [-0.25, -0.2) is 4.68 Å². The van der Waals surface area contributed by atoms with Gasteiger partial charge in [0.2, 0.25) is 11.8 Å². The summed E-state index contributed by atoms with van der Waals surface area (Å²) in [5, 5.41) is 9.76. The molecule has 0 fully saturated rings. The van der Waals surface area contributed by atoms with Crippen molar-refractivity contribution in [1.82, 2.24) is 9.78 Å². The molecule has 3 rings (SSSR count). The molecule has 7 nitrogen and oxygen atoms in total. The molecule has 0 aliphatic rings. The standard InChI is InChI=1S/C24H26N4O3/c1-4-17-8-10-18(11-9-17)20-14-21(26-22(29)5-2)24(31)28(27-20)15-23(30)25-19-12-6-16(3)7-13-19/h6-14H,4-5,15H2,1-3H3,(H,25,30)(H,26,29). The van der Waals surface area contributed by atoms with Crippen LogP contribution in [0.4, 0.5) is 11.4 Å². The molecule has 0 unspecified atom stereocenters. The fourth-order valence-electron chi connectivity index (χ4n) is 3.00. The van der Waals surface area contributed by atoms with Crippen molar-refractivity contribution in [2.75, 3.05) is 10.6 Å². The van der Waals surface area contributed by atoms with E-state index >= 15 is 0 Å². The summed E-state index contributed by atoms with van der Waals surface area (Å²) in [6.45, 7) is 5.45. The van der Waals surface area contributed by atoms with E-state index in [0.717, 1.165) is 22.2 Å². The van der Waals surface area contributed by atoms with E-state index in [2.05, 4.69) is 22.7 Å². The van der Waals surface area contributed by atoms with Gasteiger partial charge in [-0.05, 0) is 37.1 Å². The molecule has 7 heteroatoms. The number of aromatic nitrogens is 2. The summed E-state index contributed by atoms with van der Waals surface area (Å²) >= 11 is 0. The van der Waals surface area contributed by atoms with Crippen LogP contribution in [0.5, 0.6) is 0 Å². The minimum Gasteiger partial charge on any atom is -0.324 e. The van der Waals surface area contributed by atoms with Gasteiger partial charge in [0.25, 0.3) is 5.56 Å². The molecule has 0 saturated heterocycles. The zero-order valence-electron chi connectivity index (χ0n) is 17.9. The molecule has 0 radical (unpaired) electrons. The van der Waals surface area contributed by atoms with Crippen LogP contribution in [0, 0.1) is 6.92 Å². The first-order chi connectivity index (χ1) is 14.9. The van der Waals surface area contributed by atoms with Crippen molar-refractivity contribution in [2.24, 2.45) is 0 Å². The van der Waals surface area contributed by atoms with Gasteiger partial charge in [0, 0.05) is 17.7 Å². The Morgan fingerprint density at radius 1 is 0.935 bits per heavy atom. The number of anilines is 2. The lowest BCUT2D eigenvalue weighted by atomic mass is 10.1. The largest absolute Gasteiger partial charge is 0.324 e. The van der Waals surface area contributed by atoms with Crippen molar-refractivity contribution in [3.8, 4) is 11.3 Å². The molecule has 31 heavy (non-hydrogen) atoms. The number of amides is 2. The maximum atomic E-state index is 12.8. The van der Waals surface area contributed by atoms with E-state index in [0.29, 0.717) is 11.4 Å². The van der Waals surface area contributed by atoms with E-state index in [4.69, 9.17) is 0 Å². The first-order valence-electron chi connectivity index (χ1n) is 10.3. The maximum Gasteiger partial charge on any atom is 0.291 e. The minimum atomic E-state index is -0.533. The number of carbonyl (C=O) groups excluding carboxylic acids is 2. The van der Waals surface area contributed by atoms with Gasteiger partial charge in [-0.3, -0.25) is 14.4 Å². The number of hydrogen-bond acceptors (Lipinski definition) is 4. The molecule has 3 aromatic rings. The summed E-state index contributed by atoms with van der Waals surface area (Å²) in [5.74, 6) is -0.670. The molecular formula is C24H26N4O3. The summed E-state index contributed by atoms with van der Waals surface area (Å²) in [4.78, 5) is 37.3. The lowest BCUT2D eigenvalue weighted by Crippen LogP contribution is -2.32. The molecule has 1 aromatic heterocycles. The van der Waals surface area contributed by atoms with Gasteiger partial charge in [-0.2, -0.15) is 5.10 Å². The number of rotatable bonds is 7. The Balaban J connectivity index is 1.93. The number of carbonyl (C=O) groups is 2. The minimum absolute atomic E-state index is 0.0968. The average molecular weight is 418 g/mol. The van der Waals surface area contributed by atoms with Crippen molar-refractivity contribution < 1.29 is 9.59 Å². The van der Waals surface area contributed by atoms with Crippen LogP contribution in [-0.2, 0) is 22.6 Å². The predicted octanol–water partition coefficient (Wildman–Crippen LogP) is 3.77. The summed E-state index contributed by atoms with van der Waals surface area (Å²) in [7, 11) is 0. The second-order valence-corrected chi connectivity index (χ2v) is 7.27. The first kappa shape index (κ1) is 22.0. The molecule has 0 aliphatic carbocycles. The zero-order chi connectivity index (χ0) is 22.4. The molecule has 2 aromatic carbocycles. The first-order valence-corrected chi connectivity index (χ1v) is 10.3. The molecule has 2 amide bonds. The highest BCUT2D eigenvalue weighted by molar-refractivity contribution is 5.92. The Morgan fingerprint density at radius 2 is 1.61 bits per heavy atom. The normalized spacial score (nSPS) is 10.5. The van der Waals surface area contributed by atoms with Gasteiger partial charge in [0.05, 0.1) is 5.69 Å². The number of nitrogens with zero attached hydrogens (tertiary/aromatic N) is 2. The lowest BCUT2D eigenvalue weighted by Gasteiger charge is -2.12. The molecule has 0 saturated carbocycles. The fourth-order valence-corrected chi connectivity index (χ4v) is 3.00. The van der Waals surface area contributed by atoms with Crippen LogP contribution in [0.3, 0.4) is 0 Å². The van der Waals surface area contributed by atoms with Gasteiger partial charge in [-0.15, -0.1) is 0 Å². The van der Waals surface area contributed by atoms with E-state index in [9.17, 15) is 14.4 Å². The maximum absolute atomic E-state index is 12.8. The van der Waals surface area contributed by atoms with E-state index in [1.807, 2.05) is 43.3 Å². The van der Waals surface area contributed by atoms with Crippen LogP contribution in [0.15, 0.2) is 59.4 Å². The van der Waals surface area contributed by atoms with Gasteiger partial charge in [0.1, 0.15) is 12.2 Å². The number of hydrogen-bond donors (Lipinski definition) is 2. The lowest BCUT2D eigenvalue weighted by molar-refractivity contribution is -0.117. The Bertz CT molecular complexity index is 1130. The number of nitrogens with one attached hydrogen (secondary N) is 2. The highest BCUT2D eigenvalue weighted by Crippen LogP contribution is 2.19. The molecule has 1 heterocycles. The molecule has 2 N–H and O–H groups in total. The second kappa shape index (κ2) is 9.84. The van der Waals surface area contributed by atoms with Crippen molar-refractivity contribution in [1.29, 1.82) is 0 Å². The average Bonchev–Trinajstić information content (AvgIpc) is 2.77. The van der Waals surface area contributed by atoms with Crippen LogP contribution in [0.25, 0.3) is 11.3 Å². The van der Waals surface area contributed by atoms with Gasteiger partial charge in [-0.1, -0.05) is 55.8 Å². The summed E-state index contributed by atoms with van der Waals surface area (Å²) in [6, 6.07) is 16.7. The second-order valence-electron chi connectivity index (χ2n) is 7.27. The Labute approximate surface area is 181 Å². The third-order valence-corrected chi connectivity index (χ3v) is 4.86. The number of aryl methyl sites for hydroxylation is 2. The van der Waals surface area contributed by atoms with Crippen molar-refractivity contribution in [3.63, 3.8) is 0 Å².